The zero-order chi connectivity index (χ0) is 10.5. The Labute approximate surface area is 93.8 Å². The molecule has 1 aliphatic heterocycles. The number of hydrazine groups is 1. The third-order valence-corrected chi connectivity index (χ3v) is 3.69. The molecule has 1 aromatic heterocycles. The van der Waals surface area contributed by atoms with Crippen molar-refractivity contribution < 1.29 is 4.74 Å². The predicted octanol–water partition coefficient (Wildman–Crippen LogP) is 0.944. The van der Waals surface area contributed by atoms with Gasteiger partial charge in [-0.3, -0.25) is 16.3 Å². The molecule has 1 aliphatic rings. The SMILES string of the molecule is NNC(Cc1cncs1)C1CCCOC1. The second-order valence-electron chi connectivity index (χ2n) is 3.92. The van der Waals surface area contributed by atoms with Crippen LogP contribution in [0, 0.1) is 5.92 Å². The van der Waals surface area contributed by atoms with E-state index in [1.54, 1.807) is 11.3 Å². The van der Waals surface area contributed by atoms with Gasteiger partial charge < -0.3 is 4.74 Å². The largest absolute Gasteiger partial charge is 0.381 e. The quantitative estimate of drug-likeness (QED) is 0.594. The van der Waals surface area contributed by atoms with E-state index in [2.05, 4.69) is 10.4 Å². The van der Waals surface area contributed by atoms with Crippen LogP contribution in [0.15, 0.2) is 11.7 Å². The molecule has 0 aliphatic carbocycles. The van der Waals surface area contributed by atoms with Gasteiger partial charge in [0.25, 0.3) is 0 Å². The summed E-state index contributed by atoms with van der Waals surface area (Å²) in [7, 11) is 0. The molecule has 2 heterocycles. The Morgan fingerprint density at radius 3 is 3.27 bits per heavy atom. The fourth-order valence-corrected chi connectivity index (χ4v) is 2.66. The number of hydrogen-bond acceptors (Lipinski definition) is 5. The van der Waals surface area contributed by atoms with Gasteiger partial charge in [-0.1, -0.05) is 0 Å². The molecule has 2 atom stereocenters. The van der Waals surface area contributed by atoms with Crippen molar-refractivity contribution in [1.82, 2.24) is 10.4 Å². The number of thiazole rings is 1. The van der Waals surface area contributed by atoms with Gasteiger partial charge in [0, 0.05) is 30.1 Å². The number of ether oxygens (including phenoxy) is 1. The number of nitrogens with two attached hydrogens (primary N) is 1. The minimum Gasteiger partial charge on any atom is -0.381 e. The standard InChI is InChI=1S/C10H17N3OS/c11-13-10(4-9-5-12-7-15-9)8-2-1-3-14-6-8/h5,7-8,10,13H,1-4,6,11H2. The summed E-state index contributed by atoms with van der Waals surface area (Å²) in [4.78, 5) is 5.35. The molecule has 5 heteroatoms. The van der Waals surface area contributed by atoms with E-state index in [1.165, 1.54) is 11.3 Å². The fourth-order valence-electron chi connectivity index (χ4n) is 2.00. The third kappa shape index (κ3) is 2.98. The van der Waals surface area contributed by atoms with Crippen LogP contribution in [0.5, 0.6) is 0 Å². The zero-order valence-corrected chi connectivity index (χ0v) is 9.50. The van der Waals surface area contributed by atoms with E-state index in [-0.39, 0.29) is 0 Å². The van der Waals surface area contributed by atoms with Gasteiger partial charge in [0.05, 0.1) is 12.1 Å². The van der Waals surface area contributed by atoms with Crippen LogP contribution in [0.1, 0.15) is 17.7 Å². The lowest BCUT2D eigenvalue weighted by Crippen LogP contribution is -2.45. The molecule has 84 valence electrons. The molecule has 1 aromatic rings. The molecule has 1 fully saturated rings. The minimum atomic E-state index is 0.311. The number of rotatable bonds is 4. The Morgan fingerprint density at radius 1 is 1.73 bits per heavy atom. The monoisotopic (exact) mass is 227 g/mol. The molecule has 4 nitrogen and oxygen atoms in total. The third-order valence-electron chi connectivity index (χ3n) is 2.88. The number of nitrogens with zero attached hydrogens (tertiary/aromatic N) is 1. The number of nitrogens with one attached hydrogen (secondary N) is 1. The van der Waals surface area contributed by atoms with Crippen molar-refractivity contribution in [2.45, 2.75) is 25.3 Å². The molecule has 0 aromatic carbocycles. The first kappa shape index (κ1) is 11.0. The van der Waals surface area contributed by atoms with Gasteiger partial charge in [-0.25, -0.2) is 0 Å². The van der Waals surface area contributed by atoms with Gasteiger partial charge in [-0.2, -0.15) is 0 Å². The minimum absolute atomic E-state index is 0.311. The molecule has 0 radical (unpaired) electrons. The summed E-state index contributed by atoms with van der Waals surface area (Å²) in [5.41, 5.74) is 4.77. The first-order chi connectivity index (χ1) is 7.40. The molecule has 0 spiro atoms. The molecule has 0 amide bonds. The van der Waals surface area contributed by atoms with E-state index in [1.807, 2.05) is 11.7 Å². The average molecular weight is 227 g/mol. The van der Waals surface area contributed by atoms with Gasteiger partial charge in [0.1, 0.15) is 0 Å². The lowest BCUT2D eigenvalue weighted by atomic mass is 9.92. The molecule has 2 rings (SSSR count). The van der Waals surface area contributed by atoms with E-state index in [0.717, 1.165) is 26.1 Å². The summed E-state index contributed by atoms with van der Waals surface area (Å²) in [5.74, 6) is 6.13. The van der Waals surface area contributed by atoms with Crippen molar-refractivity contribution in [2.24, 2.45) is 11.8 Å². The van der Waals surface area contributed by atoms with Crippen LogP contribution in [0.25, 0.3) is 0 Å². The van der Waals surface area contributed by atoms with Crippen LogP contribution < -0.4 is 11.3 Å². The second kappa shape index (κ2) is 5.55. The Balaban J connectivity index is 1.91. The molecule has 15 heavy (non-hydrogen) atoms. The summed E-state index contributed by atoms with van der Waals surface area (Å²) in [6, 6.07) is 0.311. The molecule has 0 saturated carbocycles. The normalized spacial score (nSPS) is 23.9. The highest BCUT2D eigenvalue weighted by Crippen LogP contribution is 2.21. The fraction of sp³-hybridized carbons (Fsp3) is 0.700. The molecule has 3 N–H and O–H groups in total. The van der Waals surface area contributed by atoms with Crippen LogP contribution in [-0.4, -0.2) is 24.2 Å². The summed E-state index contributed by atoms with van der Waals surface area (Å²) in [5, 5.41) is 0. The summed E-state index contributed by atoms with van der Waals surface area (Å²) >= 11 is 1.68. The van der Waals surface area contributed by atoms with Crippen molar-refractivity contribution in [3.63, 3.8) is 0 Å². The highest BCUT2D eigenvalue weighted by atomic mass is 32.1. The van der Waals surface area contributed by atoms with Gasteiger partial charge in [0.2, 0.25) is 0 Å². The Kier molecular flexibility index (Phi) is 4.08. The zero-order valence-electron chi connectivity index (χ0n) is 8.69. The maximum absolute atomic E-state index is 5.60. The van der Waals surface area contributed by atoms with E-state index in [9.17, 15) is 0 Å². The maximum Gasteiger partial charge on any atom is 0.0794 e. The lowest BCUT2D eigenvalue weighted by Gasteiger charge is -2.29. The van der Waals surface area contributed by atoms with Crippen molar-refractivity contribution >= 4 is 11.3 Å². The van der Waals surface area contributed by atoms with Gasteiger partial charge in [0.15, 0.2) is 0 Å². The highest BCUT2D eigenvalue weighted by molar-refractivity contribution is 7.09. The Hall–Kier alpha value is -0.490. The summed E-state index contributed by atoms with van der Waals surface area (Å²) < 4.78 is 5.48. The number of aromatic nitrogens is 1. The van der Waals surface area contributed by atoms with E-state index in [4.69, 9.17) is 10.6 Å². The summed E-state index contributed by atoms with van der Waals surface area (Å²) in [6.45, 7) is 1.72. The summed E-state index contributed by atoms with van der Waals surface area (Å²) in [6.07, 6.45) is 5.22. The smallest absolute Gasteiger partial charge is 0.0794 e. The van der Waals surface area contributed by atoms with E-state index < -0.39 is 0 Å². The maximum atomic E-state index is 5.60. The molecule has 0 bridgehead atoms. The van der Waals surface area contributed by atoms with Crippen LogP contribution in [0.2, 0.25) is 0 Å². The van der Waals surface area contributed by atoms with Crippen molar-refractivity contribution in [3.05, 3.63) is 16.6 Å². The van der Waals surface area contributed by atoms with E-state index >= 15 is 0 Å². The van der Waals surface area contributed by atoms with Crippen LogP contribution in [0.3, 0.4) is 0 Å². The average Bonchev–Trinajstić information content (AvgIpc) is 2.80. The first-order valence-corrected chi connectivity index (χ1v) is 6.19. The van der Waals surface area contributed by atoms with Crippen molar-refractivity contribution in [2.75, 3.05) is 13.2 Å². The van der Waals surface area contributed by atoms with Crippen LogP contribution >= 0.6 is 11.3 Å². The molecular formula is C10H17N3OS. The Morgan fingerprint density at radius 2 is 2.67 bits per heavy atom. The molecule has 1 saturated heterocycles. The number of hydrogen-bond donors (Lipinski definition) is 2. The lowest BCUT2D eigenvalue weighted by molar-refractivity contribution is 0.0394. The van der Waals surface area contributed by atoms with Crippen LogP contribution in [-0.2, 0) is 11.2 Å². The van der Waals surface area contributed by atoms with Gasteiger partial charge in [-0.05, 0) is 18.8 Å². The van der Waals surface area contributed by atoms with Crippen molar-refractivity contribution in [1.29, 1.82) is 0 Å². The predicted molar refractivity (Wildman–Crippen MR) is 60.5 cm³/mol. The Bertz CT molecular complexity index is 272. The van der Waals surface area contributed by atoms with Gasteiger partial charge in [-0.15, -0.1) is 11.3 Å². The first-order valence-electron chi connectivity index (χ1n) is 5.31. The second-order valence-corrected chi connectivity index (χ2v) is 4.89. The van der Waals surface area contributed by atoms with E-state index in [0.29, 0.717) is 12.0 Å². The van der Waals surface area contributed by atoms with Crippen molar-refractivity contribution in [3.8, 4) is 0 Å². The van der Waals surface area contributed by atoms with Crippen LogP contribution in [0.4, 0.5) is 0 Å². The highest BCUT2D eigenvalue weighted by Gasteiger charge is 2.23. The molecular weight excluding hydrogens is 210 g/mol. The van der Waals surface area contributed by atoms with Gasteiger partial charge >= 0.3 is 0 Å². The topological polar surface area (TPSA) is 60.2 Å². The molecule has 2 unspecified atom stereocenters.